The Bertz CT molecular complexity index is 680. The van der Waals surface area contributed by atoms with Gasteiger partial charge in [0.2, 0.25) is 5.91 Å². The number of benzene rings is 1. The lowest BCUT2D eigenvalue weighted by Gasteiger charge is -2.21. The molecule has 2 aromatic rings. The van der Waals surface area contributed by atoms with E-state index in [-0.39, 0.29) is 24.2 Å². The van der Waals surface area contributed by atoms with Crippen LogP contribution < -0.4 is 10.6 Å². The maximum Gasteiger partial charge on any atom is 0.228 e. The van der Waals surface area contributed by atoms with Gasteiger partial charge in [-0.1, -0.05) is 17.7 Å². The molecule has 0 aliphatic carbocycles. The predicted molar refractivity (Wildman–Crippen MR) is 94.8 cm³/mol. The zero-order valence-corrected chi connectivity index (χ0v) is 14.5. The molecule has 1 aliphatic heterocycles. The van der Waals surface area contributed by atoms with E-state index < -0.39 is 0 Å². The number of nitrogens with zero attached hydrogens (tertiary/aromatic N) is 2. The van der Waals surface area contributed by atoms with Crippen molar-refractivity contribution in [2.45, 2.75) is 19.8 Å². The fourth-order valence-corrected chi connectivity index (χ4v) is 2.90. The SMILES string of the molecule is Cc1cc(NC(=O)C2CCNCC2)nn1-c1cccc(Cl)c1.Cl. The van der Waals surface area contributed by atoms with Crippen molar-refractivity contribution in [1.29, 1.82) is 0 Å². The van der Waals surface area contributed by atoms with Crippen molar-refractivity contribution >= 4 is 35.7 Å². The maximum atomic E-state index is 12.3. The predicted octanol–water partition coefficient (Wildman–Crippen LogP) is 3.19. The van der Waals surface area contributed by atoms with E-state index in [4.69, 9.17) is 11.6 Å². The Labute approximate surface area is 146 Å². The zero-order chi connectivity index (χ0) is 15.5. The van der Waals surface area contributed by atoms with Gasteiger partial charge in [-0.2, -0.15) is 0 Å². The average Bonchev–Trinajstić information content (AvgIpc) is 2.88. The molecule has 1 saturated heterocycles. The van der Waals surface area contributed by atoms with Gasteiger partial charge in [0, 0.05) is 22.7 Å². The molecule has 3 rings (SSSR count). The molecule has 1 aromatic carbocycles. The van der Waals surface area contributed by atoms with Gasteiger partial charge in [-0.15, -0.1) is 17.5 Å². The second-order valence-electron chi connectivity index (χ2n) is 5.58. The summed E-state index contributed by atoms with van der Waals surface area (Å²) in [7, 11) is 0. The number of carbonyl (C=O) groups excluding carboxylic acids is 1. The number of amides is 1. The third kappa shape index (κ3) is 4.25. The molecule has 5 nitrogen and oxygen atoms in total. The number of piperidine rings is 1. The standard InChI is InChI=1S/C16H19ClN4O.ClH/c1-11-9-15(19-16(22)12-5-7-18-8-6-12)20-21(11)14-4-2-3-13(17)10-14;/h2-4,9-10,12,18H,5-8H2,1H3,(H,19,20,22);1H. The van der Waals surface area contributed by atoms with Gasteiger partial charge < -0.3 is 10.6 Å². The number of halogens is 2. The Morgan fingerprint density at radius 1 is 1.35 bits per heavy atom. The molecular weight excluding hydrogens is 335 g/mol. The highest BCUT2D eigenvalue weighted by Gasteiger charge is 2.21. The van der Waals surface area contributed by atoms with Gasteiger partial charge in [-0.25, -0.2) is 4.68 Å². The van der Waals surface area contributed by atoms with Gasteiger partial charge in [0.05, 0.1) is 5.69 Å². The van der Waals surface area contributed by atoms with Crippen LogP contribution in [-0.4, -0.2) is 28.8 Å². The number of anilines is 1. The third-order valence-electron chi connectivity index (χ3n) is 3.90. The van der Waals surface area contributed by atoms with Crippen molar-refractivity contribution < 1.29 is 4.79 Å². The van der Waals surface area contributed by atoms with Crippen molar-refractivity contribution in [3.8, 4) is 5.69 Å². The summed E-state index contributed by atoms with van der Waals surface area (Å²) in [5.74, 6) is 0.705. The largest absolute Gasteiger partial charge is 0.317 e. The first-order chi connectivity index (χ1) is 10.6. The van der Waals surface area contributed by atoms with Crippen LogP contribution in [0.1, 0.15) is 18.5 Å². The molecule has 0 saturated carbocycles. The number of carbonyl (C=O) groups is 1. The Morgan fingerprint density at radius 2 is 2.09 bits per heavy atom. The molecule has 2 heterocycles. The van der Waals surface area contributed by atoms with Crippen LogP contribution in [0.5, 0.6) is 0 Å². The van der Waals surface area contributed by atoms with Gasteiger partial charge in [-0.05, 0) is 51.1 Å². The molecule has 0 atom stereocenters. The molecule has 0 spiro atoms. The Morgan fingerprint density at radius 3 is 2.78 bits per heavy atom. The van der Waals surface area contributed by atoms with E-state index in [1.165, 1.54) is 0 Å². The number of aromatic nitrogens is 2. The van der Waals surface area contributed by atoms with Crippen LogP contribution in [-0.2, 0) is 4.79 Å². The molecule has 0 radical (unpaired) electrons. The monoisotopic (exact) mass is 354 g/mol. The van der Waals surface area contributed by atoms with Crippen molar-refractivity contribution in [1.82, 2.24) is 15.1 Å². The maximum absolute atomic E-state index is 12.3. The van der Waals surface area contributed by atoms with Crippen LogP contribution in [0.25, 0.3) is 5.69 Å². The lowest BCUT2D eigenvalue weighted by Crippen LogP contribution is -2.34. The molecule has 1 aromatic heterocycles. The van der Waals surface area contributed by atoms with Gasteiger partial charge in [0.1, 0.15) is 0 Å². The van der Waals surface area contributed by atoms with E-state index >= 15 is 0 Å². The first-order valence-electron chi connectivity index (χ1n) is 7.47. The second-order valence-corrected chi connectivity index (χ2v) is 6.01. The number of hydrogen-bond acceptors (Lipinski definition) is 3. The molecule has 23 heavy (non-hydrogen) atoms. The van der Waals surface area contributed by atoms with E-state index in [2.05, 4.69) is 15.7 Å². The molecular formula is C16H20Cl2N4O. The van der Waals surface area contributed by atoms with Crippen molar-refractivity contribution in [3.05, 3.63) is 41.0 Å². The highest BCUT2D eigenvalue weighted by molar-refractivity contribution is 6.30. The molecule has 1 aliphatic rings. The van der Waals surface area contributed by atoms with Crippen LogP contribution in [0.3, 0.4) is 0 Å². The molecule has 2 N–H and O–H groups in total. The molecule has 7 heteroatoms. The van der Waals surface area contributed by atoms with Crippen LogP contribution in [0.4, 0.5) is 5.82 Å². The fourth-order valence-electron chi connectivity index (χ4n) is 2.72. The summed E-state index contributed by atoms with van der Waals surface area (Å²) in [6.07, 6.45) is 1.75. The van der Waals surface area contributed by atoms with Gasteiger partial charge in [0.25, 0.3) is 0 Å². The van der Waals surface area contributed by atoms with Crippen LogP contribution in [0.15, 0.2) is 30.3 Å². The summed E-state index contributed by atoms with van der Waals surface area (Å²) >= 11 is 6.02. The molecule has 0 unspecified atom stereocenters. The minimum absolute atomic E-state index is 0. The van der Waals surface area contributed by atoms with Gasteiger partial charge >= 0.3 is 0 Å². The lowest BCUT2D eigenvalue weighted by molar-refractivity contribution is -0.120. The minimum Gasteiger partial charge on any atom is -0.317 e. The van der Waals surface area contributed by atoms with E-state index in [9.17, 15) is 4.79 Å². The summed E-state index contributed by atoms with van der Waals surface area (Å²) < 4.78 is 1.78. The molecule has 0 bridgehead atoms. The summed E-state index contributed by atoms with van der Waals surface area (Å²) in [4.78, 5) is 12.3. The normalized spacial score (nSPS) is 15.0. The van der Waals surface area contributed by atoms with Crippen LogP contribution >= 0.6 is 24.0 Å². The number of nitrogens with one attached hydrogen (secondary N) is 2. The van der Waals surface area contributed by atoms with Crippen molar-refractivity contribution in [2.24, 2.45) is 5.92 Å². The number of aryl methyl sites for hydroxylation is 1. The topological polar surface area (TPSA) is 59.0 Å². The quantitative estimate of drug-likeness (QED) is 0.889. The summed E-state index contributed by atoms with van der Waals surface area (Å²) in [6, 6.07) is 9.36. The number of rotatable bonds is 3. The zero-order valence-electron chi connectivity index (χ0n) is 12.9. The van der Waals surface area contributed by atoms with E-state index in [0.29, 0.717) is 10.8 Å². The van der Waals surface area contributed by atoms with Crippen LogP contribution in [0, 0.1) is 12.8 Å². The highest BCUT2D eigenvalue weighted by atomic mass is 35.5. The van der Waals surface area contributed by atoms with Gasteiger partial charge in [0.15, 0.2) is 5.82 Å². The van der Waals surface area contributed by atoms with Crippen molar-refractivity contribution in [3.63, 3.8) is 0 Å². The fraction of sp³-hybridized carbons (Fsp3) is 0.375. The minimum atomic E-state index is 0. The Kier molecular flexibility index (Phi) is 6.04. The molecule has 1 fully saturated rings. The Balaban J connectivity index is 0.00000192. The van der Waals surface area contributed by atoms with Crippen molar-refractivity contribution in [2.75, 3.05) is 18.4 Å². The van der Waals surface area contributed by atoms with E-state index in [0.717, 1.165) is 37.3 Å². The first kappa shape index (κ1) is 17.8. The molecule has 1 amide bonds. The van der Waals surface area contributed by atoms with E-state index in [1.54, 1.807) is 4.68 Å². The third-order valence-corrected chi connectivity index (χ3v) is 4.14. The van der Waals surface area contributed by atoms with Crippen LogP contribution in [0.2, 0.25) is 5.02 Å². The Hall–Kier alpha value is -1.56. The highest BCUT2D eigenvalue weighted by Crippen LogP contribution is 2.20. The second kappa shape index (κ2) is 7.81. The van der Waals surface area contributed by atoms with E-state index in [1.807, 2.05) is 37.3 Å². The van der Waals surface area contributed by atoms with Gasteiger partial charge in [-0.3, -0.25) is 4.79 Å². The molecule has 124 valence electrons. The lowest BCUT2D eigenvalue weighted by atomic mass is 9.97. The summed E-state index contributed by atoms with van der Waals surface area (Å²) in [5, 5.41) is 11.3. The summed E-state index contributed by atoms with van der Waals surface area (Å²) in [6.45, 7) is 3.75. The first-order valence-corrected chi connectivity index (χ1v) is 7.85. The average molecular weight is 355 g/mol. The smallest absolute Gasteiger partial charge is 0.228 e. The number of hydrogen-bond donors (Lipinski definition) is 2. The summed E-state index contributed by atoms with van der Waals surface area (Å²) in [5.41, 5.74) is 1.83.